The molecule has 0 saturated carbocycles. The molecule has 3 heterocycles. The van der Waals surface area contributed by atoms with Crippen LogP contribution in [-0.4, -0.2) is 26.1 Å². The molecule has 1 aromatic heterocycles. The second-order valence-corrected chi connectivity index (χ2v) is 6.19. The van der Waals surface area contributed by atoms with E-state index >= 15 is 0 Å². The third-order valence-electron chi connectivity index (χ3n) is 4.30. The second-order valence-electron chi connectivity index (χ2n) is 6.19. The van der Waals surface area contributed by atoms with Crippen LogP contribution in [0, 0.1) is 22.7 Å². The first-order valence-electron chi connectivity index (χ1n) is 8.69. The van der Waals surface area contributed by atoms with Gasteiger partial charge in [-0.05, 0) is 11.6 Å². The number of aromatic nitrogens is 2. The molecular weight excluding hydrogens is 354 g/mol. The van der Waals surface area contributed by atoms with Crippen molar-refractivity contribution in [2.24, 2.45) is 4.99 Å². The molecule has 0 unspecified atom stereocenters. The minimum atomic E-state index is 0.412. The Balaban J connectivity index is 1.47. The molecule has 4 rings (SSSR count). The zero-order valence-corrected chi connectivity index (χ0v) is 14.9. The van der Waals surface area contributed by atoms with Crippen LogP contribution in [0.2, 0.25) is 0 Å². The van der Waals surface area contributed by atoms with Crippen LogP contribution < -0.4 is 10.9 Å². The molecular formula is C19H17N9. The molecule has 2 aromatic rings. The largest absolute Gasteiger partial charge is 0.303 e. The summed E-state index contributed by atoms with van der Waals surface area (Å²) in [5, 5.41) is 25.9. The van der Waals surface area contributed by atoms with E-state index in [-0.39, 0.29) is 0 Å². The van der Waals surface area contributed by atoms with Gasteiger partial charge in [-0.25, -0.2) is 10.0 Å². The van der Waals surface area contributed by atoms with Crippen molar-refractivity contribution in [3.8, 4) is 12.1 Å². The maximum Gasteiger partial charge on any atom is 0.115 e. The van der Waals surface area contributed by atoms with Gasteiger partial charge in [0.2, 0.25) is 0 Å². The van der Waals surface area contributed by atoms with Crippen molar-refractivity contribution in [3.63, 3.8) is 0 Å². The summed E-state index contributed by atoms with van der Waals surface area (Å²) < 4.78 is 1.72. The van der Waals surface area contributed by atoms with Gasteiger partial charge in [0.25, 0.3) is 0 Å². The Morgan fingerprint density at radius 1 is 1.21 bits per heavy atom. The molecule has 2 aliphatic rings. The van der Waals surface area contributed by atoms with Crippen LogP contribution >= 0.6 is 0 Å². The zero-order chi connectivity index (χ0) is 19.3. The standard InChI is InChI=1S/C19H17N9/c20-6-3-7-26-12-17(9-23-26)25-27-13-19-18(22-14-27)10-24-28(19)11-16-5-2-1-4-15(16)8-21/h1-2,4-5,9-10,12-14,24-25H,3,7,11H2. The number of aryl methyl sites for hydroxylation is 1. The van der Waals surface area contributed by atoms with E-state index in [4.69, 9.17) is 5.26 Å². The fraction of sp³-hybridized carbons (Fsp3) is 0.158. The molecule has 0 saturated heterocycles. The number of nitrogens with zero attached hydrogens (tertiary/aromatic N) is 7. The molecule has 9 nitrogen and oxygen atoms in total. The normalized spacial score (nSPS) is 14.5. The Morgan fingerprint density at radius 3 is 2.96 bits per heavy atom. The quantitative estimate of drug-likeness (QED) is 0.800. The highest BCUT2D eigenvalue weighted by Crippen LogP contribution is 2.26. The average Bonchev–Trinajstić information content (AvgIpc) is 3.34. The molecule has 0 bridgehead atoms. The lowest BCUT2D eigenvalue weighted by Gasteiger charge is -2.26. The lowest BCUT2D eigenvalue weighted by molar-refractivity contribution is 0.298. The maximum atomic E-state index is 9.30. The molecule has 0 radical (unpaired) electrons. The van der Waals surface area contributed by atoms with Crippen molar-refractivity contribution < 1.29 is 0 Å². The van der Waals surface area contributed by atoms with E-state index in [2.05, 4.69) is 33.1 Å². The van der Waals surface area contributed by atoms with Gasteiger partial charge in [0, 0.05) is 12.4 Å². The number of hydrogen-bond acceptors (Lipinski definition) is 8. The van der Waals surface area contributed by atoms with Gasteiger partial charge in [0.15, 0.2) is 0 Å². The van der Waals surface area contributed by atoms with Crippen molar-refractivity contribution in [2.75, 3.05) is 5.43 Å². The molecule has 0 aliphatic carbocycles. The van der Waals surface area contributed by atoms with Crippen molar-refractivity contribution >= 4 is 12.0 Å². The van der Waals surface area contributed by atoms with E-state index in [0.717, 1.165) is 22.6 Å². The van der Waals surface area contributed by atoms with Gasteiger partial charge in [-0.3, -0.25) is 15.1 Å². The topological polar surface area (TPSA) is 108 Å². The SMILES string of the molecule is N#CCCn1cc(NN2C=NC3=CNN(Cc4ccccc4C#N)C3=C2)cn1. The van der Waals surface area contributed by atoms with E-state index in [0.29, 0.717) is 25.1 Å². The van der Waals surface area contributed by atoms with E-state index in [1.807, 2.05) is 47.9 Å². The molecule has 9 heteroatoms. The van der Waals surface area contributed by atoms with Gasteiger partial charge in [0.1, 0.15) is 17.7 Å². The molecule has 2 aliphatic heterocycles. The second kappa shape index (κ2) is 7.56. The number of hydrazine groups is 2. The van der Waals surface area contributed by atoms with Crippen LogP contribution in [0.15, 0.2) is 65.4 Å². The molecule has 138 valence electrons. The minimum absolute atomic E-state index is 0.412. The van der Waals surface area contributed by atoms with Crippen LogP contribution in [0.5, 0.6) is 0 Å². The first-order valence-corrected chi connectivity index (χ1v) is 8.69. The van der Waals surface area contributed by atoms with Crippen molar-refractivity contribution in [3.05, 3.63) is 71.6 Å². The summed E-state index contributed by atoms with van der Waals surface area (Å²) in [6.07, 6.45) is 9.37. The Morgan fingerprint density at radius 2 is 2.11 bits per heavy atom. The third-order valence-corrected chi connectivity index (χ3v) is 4.30. The summed E-state index contributed by atoms with van der Waals surface area (Å²) in [4.78, 5) is 4.45. The van der Waals surface area contributed by atoms with Crippen molar-refractivity contribution in [2.45, 2.75) is 19.5 Å². The van der Waals surface area contributed by atoms with Crippen LogP contribution in [0.3, 0.4) is 0 Å². The molecule has 0 atom stereocenters. The van der Waals surface area contributed by atoms with Crippen LogP contribution in [-0.2, 0) is 13.1 Å². The highest BCUT2D eigenvalue weighted by Gasteiger charge is 2.24. The molecule has 0 amide bonds. The Hall–Kier alpha value is -4.24. The number of fused-ring (bicyclic) bond motifs is 1. The van der Waals surface area contributed by atoms with Gasteiger partial charge < -0.3 is 5.43 Å². The first kappa shape index (κ1) is 17.2. The summed E-state index contributed by atoms with van der Waals surface area (Å²) in [6.45, 7) is 1.08. The highest BCUT2D eigenvalue weighted by molar-refractivity contribution is 5.66. The van der Waals surface area contributed by atoms with E-state index in [1.54, 1.807) is 22.2 Å². The number of rotatable bonds is 6. The average molecular weight is 371 g/mol. The number of nitrogens with one attached hydrogen (secondary N) is 2. The van der Waals surface area contributed by atoms with Crippen molar-refractivity contribution in [1.29, 1.82) is 10.5 Å². The number of hydrogen-bond donors (Lipinski definition) is 2. The highest BCUT2D eigenvalue weighted by atomic mass is 15.6. The summed E-state index contributed by atoms with van der Waals surface area (Å²) in [7, 11) is 0. The summed E-state index contributed by atoms with van der Waals surface area (Å²) in [6, 6.07) is 11.9. The van der Waals surface area contributed by atoms with E-state index < -0.39 is 0 Å². The number of aliphatic imine (C=N–C) groups is 1. The number of nitriles is 2. The monoisotopic (exact) mass is 371 g/mol. The Bertz CT molecular complexity index is 1050. The summed E-state index contributed by atoms with van der Waals surface area (Å²) in [5.41, 5.74) is 10.5. The lowest BCUT2D eigenvalue weighted by Crippen LogP contribution is -2.32. The zero-order valence-electron chi connectivity index (χ0n) is 14.9. The van der Waals surface area contributed by atoms with Gasteiger partial charge in [-0.2, -0.15) is 15.6 Å². The first-order chi connectivity index (χ1) is 13.8. The minimum Gasteiger partial charge on any atom is -0.303 e. The molecule has 28 heavy (non-hydrogen) atoms. The molecule has 1 aromatic carbocycles. The predicted octanol–water partition coefficient (Wildman–Crippen LogP) is 2.04. The third kappa shape index (κ3) is 3.50. The molecule has 0 fully saturated rings. The predicted molar refractivity (Wildman–Crippen MR) is 102 cm³/mol. The van der Waals surface area contributed by atoms with Gasteiger partial charge >= 0.3 is 0 Å². The summed E-state index contributed by atoms with van der Waals surface area (Å²) in [5.74, 6) is 0. The maximum absolute atomic E-state index is 9.30. The van der Waals surface area contributed by atoms with E-state index in [1.165, 1.54) is 0 Å². The van der Waals surface area contributed by atoms with Crippen molar-refractivity contribution in [1.82, 2.24) is 25.2 Å². The van der Waals surface area contributed by atoms with E-state index in [9.17, 15) is 5.26 Å². The lowest BCUT2D eigenvalue weighted by atomic mass is 10.1. The van der Waals surface area contributed by atoms with Crippen LogP contribution in [0.1, 0.15) is 17.5 Å². The van der Waals surface area contributed by atoms with Crippen LogP contribution in [0.4, 0.5) is 5.69 Å². The Kier molecular flexibility index (Phi) is 4.64. The fourth-order valence-electron chi connectivity index (χ4n) is 2.94. The summed E-state index contributed by atoms with van der Waals surface area (Å²) >= 11 is 0. The molecule has 2 N–H and O–H groups in total. The molecule has 0 spiro atoms. The number of benzene rings is 1. The van der Waals surface area contributed by atoms with Gasteiger partial charge in [0.05, 0.1) is 55.3 Å². The fourth-order valence-corrected chi connectivity index (χ4v) is 2.94. The smallest absolute Gasteiger partial charge is 0.115 e. The Labute approximate surface area is 162 Å². The van der Waals surface area contributed by atoms with Crippen LogP contribution in [0.25, 0.3) is 0 Å². The number of anilines is 1. The van der Waals surface area contributed by atoms with Gasteiger partial charge in [-0.15, -0.1) is 0 Å². The van der Waals surface area contributed by atoms with Gasteiger partial charge in [-0.1, -0.05) is 18.2 Å².